The first-order valence-electron chi connectivity index (χ1n) is 10.9. The SMILES string of the molecule is CCCCNC(=O)[C@@H](C)N(Cc1c(Cl)cccc1Cl)C(=O)CSCc1cc(C)cc(C)c1. The van der Waals surface area contributed by atoms with Crippen LogP contribution in [0.1, 0.15) is 48.9 Å². The fraction of sp³-hybridized carbons (Fsp3) is 0.440. The molecule has 0 fully saturated rings. The van der Waals surface area contributed by atoms with Crippen molar-refractivity contribution in [3.05, 3.63) is 68.7 Å². The van der Waals surface area contributed by atoms with Gasteiger partial charge in [-0.25, -0.2) is 0 Å². The molecule has 2 aromatic carbocycles. The average molecular weight is 496 g/mol. The zero-order valence-electron chi connectivity index (χ0n) is 19.2. The van der Waals surface area contributed by atoms with Gasteiger partial charge in [-0.1, -0.05) is 71.9 Å². The molecular weight excluding hydrogens is 463 g/mol. The molecule has 2 rings (SSSR count). The molecule has 0 saturated heterocycles. The van der Waals surface area contributed by atoms with Gasteiger partial charge >= 0.3 is 0 Å². The third kappa shape index (κ3) is 8.02. The van der Waals surface area contributed by atoms with Gasteiger partial charge in [-0.15, -0.1) is 11.8 Å². The highest BCUT2D eigenvalue weighted by Crippen LogP contribution is 2.27. The highest BCUT2D eigenvalue weighted by atomic mass is 35.5. The lowest BCUT2D eigenvalue weighted by Gasteiger charge is -2.29. The number of nitrogens with zero attached hydrogens (tertiary/aromatic N) is 1. The van der Waals surface area contributed by atoms with Crippen molar-refractivity contribution in [3.63, 3.8) is 0 Å². The molecule has 0 radical (unpaired) electrons. The Balaban J connectivity index is 2.12. The van der Waals surface area contributed by atoms with Gasteiger partial charge in [-0.2, -0.15) is 0 Å². The second-order valence-electron chi connectivity index (χ2n) is 8.03. The predicted octanol–water partition coefficient (Wildman–Crippen LogP) is 6.18. The Morgan fingerprint density at radius 1 is 1.09 bits per heavy atom. The predicted molar refractivity (Wildman–Crippen MR) is 136 cm³/mol. The zero-order valence-corrected chi connectivity index (χ0v) is 21.5. The van der Waals surface area contributed by atoms with Gasteiger partial charge in [0.1, 0.15) is 6.04 Å². The molecule has 0 spiro atoms. The highest BCUT2D eigenvalue weighted by molar-refractivity contribution is 7.99. The first-order valence-corrected chi connectivity index (χ1v) is 12.8. The van der Waals surface area contributed by atoms with Crippen LogP contribution in [-0.4, -0.2) is 35.1 Å². The summed E-state index contributed by atoms with van der Waals surface area (Å²) in [6.07, 6.45) is 1.89. The smallest absolute Gasteiger partial charge is 0.242 e. The number of rotatable bonds is 11. The number of nitrogens with one attached hydrogen (secondary N) is 1. The quantitative estimate of drug-likeness (QED) is 0.379. The average Bonchev–Trinajstić information content (AvgIpc) is 2.72. The summed E-state index contributed by atoms with van der Waals surface area (Å²) in [5, 5.41) is 3.89. The maximum absolute atomic E-state index is 13.2. The van der Waals surface area contributed by atoms with Gasteiger partial charge < -0.3 is 10.2 Å². The van der Waals surface area contributed by atoms with Crippen molar-refractivity contribution in [1.29, 1.82) is 0 Å². The molecule has 0 aliphatic carbocycles. The second-order valence-corrected chi connectivity index (χ2v) is 9.83. The molecule has 174 valence electrons. The van der Waals surface area contributed by atoms with Crippen LogP contribution in [0.25, 0.3) is 0 Å². The van der Waals surface area contributed by atoms with Crippen LogP contribution in [0, 0.1) is 13.8 Å². The van der Waals surface area contributed by atoms with Crippen molar-refractivity contribution in [2.45, 2.75) is 58.9 Å². The molecule has 7 heteroatoms. The molecule has 0 heterocycles. The van der Waals surface area contributed by atoms with E-state index in [1.807, 2.05) is 0 Å². The first-order chi connectivity index (χ1) is 15.2. The normalized spacial score (nSPS) is 11.8. The van der Waals surface area contributed by atoms with Gasteiger partial charge in [0.25, 0.3) is 0 Å². The van der Waals surface area contributed by atoms with Crippen LogP contribution >= 0.6 is 35.0 Å². The second kappa shape index (κ2) is 13.1. The molecule has 0 saturated carbocycles. The highest BCUT2D eigenvalue weighted by Gasteiger charge is 2.27. The van der Waals surface area contributed by atoms with E-state index < -0.39 is 6.04 Å². The van der Waals surface area contributed by atoms with E-state index in [4.69, 9.17) is 23.2 Å². The number of hydrogen-bond acceptors (Lipinski definition) is 3. The summed E-state index contributed by atoms with van der Waals surface area (Å²) in [6, 6.07) is 11.0. The number of hydrogen-bond donors (Lipinski definition) is 1. The lowest BCUT2D eigenvalue weighted by Crippen LogP contribution is -2.48. The van der Waals surface area contributed by atoms with Crippen LogP contribution in [-0.2, 0) is 21.9 Å². The summed E-state index contributed by atoms with van der Waals surface area (Å²) in [4.78, 5) is 27.5. The van der Waals surface area contributed by atoms with E-state index in [9.17, 15) is 9.59 Å². The van der Waals surface area contributed by atoms with Gasteiger partial charge in [-0.05, 0) is 44.9 Å². The van der Waals surface area contributed by atoms with E-state index in [0.717, 1.165) is 18.6 Å². The van der Waals surface area contributed by atoms with E-state index in [-0.39, 0.29) is 24.1 Å². The molecule has 0 aromatic heterocycles. The van der Waals surface area contributed by atoms with Crippen LogP contribution in [0.2, 0.25) is 10.0 Å². The van der Waals surface area contributed by atoms with Gasteiger partial charge in [0.05, 0.1) is 5.75 Å². The van der Waals surface area contributed by atoms with Gasteiger partial charge in [0, 0.05) is 34.5 Å². The van der Waals surface area contributed by atoms with E-state index in [1.54, 1.807) is 41.8 Å². The van der Waals surface area contributed by atoms with E-state index in [0.29, 0.717) is 22.2 Å². The Kier molecular flexibility index (Phi) is 10.9. The van der Waals surface area contributed by atoms with Crippen molar-refractivity contribution >= 4 is 46.8 Å². The van der Waals surface area contributed by atoms with Crippen molar-refractivity contribution in [2.24, 2.45) is 0 Å². The van der Waals surface area contributed by atoms with Crippen LogP contribution < -0.4 is 5.32 Å². The summed E-state index contributed by atoms with van der Waals surface area (Å²) >= 11 is 14.2. The van der Waals surface area contributed by atoms with Crippen LogP contribution in [0.15, 0.2) is 36.4 Å². The van der Waals surface area contributed by atoms with Crippen molar-refractivity contribution < 1.29 is 9.59 Å². The molecule has 0 bridgehead atoms. The van der Waals surface area contributed by atoms with Crippen LogP contribution in [0.3, 0.4) is 0 Å². The van der Waals surface area contributed by atoms with E-state index in [2.05, 4.69) is 44.3 Å². The number of unbranched alkanes of at least 4 members (excludes halogenated alkanes) is 1. The fourth-order valence-electron chi connectivity index (χ4n) is 3.46. The van der Waals surface area contributed by atoms with Crippen molar-refractivity contribution in [3.8, 4) is 0 Å². The molecule has 2 amide bonds. The lowest BCUT2D eigenvalue weighted by molar-refractivity contribution is -0.138. The van der Waals surface area contributed by atoms with Gasteiger partial charge in [0.15, 0.2) is 0 Å². The fourth-order valence-corrected chi connectivity index (χ4v) is 4.83. The number of carbonyl (C=O) groups is 2. The third-order valence-corrected chi connectivity index (χ3v) is 6.86. The molecule has 0 aliphatic heterocycles. The Morgan fingerprint density at radius 3 is 2.31 bits per heavy atom. The zero-order chi connectivity index (χ0) is 23.7. The number of amides is 2. The minimum absolute atomic E-state index is 0.117. The number of thioether (sulfide) groups is 1. The van der Waals surface area contributed by atoms with E-state index in [1.165, 1.54) is 16.7 Å². The number of aryl methyl sites for hydroxylation is 2. The summed E-state index contributed by atoms with van der Waals surface area (Å²) in [7, 11) is 0. The molecular formula is C25H32Cl2N2O2S. The number of benzene rings is 2. The lowest BCUT2D eigenvalue weighted by atomic mass is 10.1. The molecule has 0 unspecified atom stereocenters. The maximum Gasteiger partial charge on any atom is 0.242 e. The van der Waals surface area contributed by atoms with Gasteiger partial charge in [-0.3, -0.25) is 9.59 Å². The Morgan fingerprint density at radius 2 is 1.72 bits per heavy atom. The van der Waals surface area contributed by atoms with Gasteiger partial charge in [0.2, 0.25) is 11.8 Å². The molecule has 1 N–H and O–H groups in total. The Bertz CT molecular complexity index is 896. The summed E-state index contributed by atoms with van der Waals surface area (Å²) in [5.74, 6) is 0.705. The molecule has 1 atom stereocenters. The van der Waals surface area contributed by atoms with Crippen molar-refractivity contribution in [2.75, 3.05) is 12.3 Å². The summed E-state index contributed by atoms with van der Waals surface area (Å²) in [5.41, 5.74) is 4.25. The Labute approximate surface area is 206 Å². The van der Waals surface area contributed by atoms with Crippen LogP contribution in [0.5, 0.6) is 0 Å². The standard InChI is InChI=1S/C25H32Cl2N2O2S/c1-5-6-10-28-25(31)19(4)29(14-21-22(26)8-7-9-23(21)27)24(30)16-32-15-20-12-17(2)11-18(3)13-20/h7-9,11-13,19H,5-6,10,14-16H2,1-4H3,(H,28,31)/t19-/m1/s1. The van der Waals surface area contributed by atoms with Crippen LogP contribution in [0.4, 0.5) is 0 Å². The van der Waals surface area contributed by atoms with Crippen molar-refractivity contribution in [1.82, 2.24) is 10.2 Å². The minimum atomic E-state index is -0.631. The first kappa shape index (κ1) is 26.6. The number of halogens is 2. The topological polar surface area (TPSA) is 49.4 Å². The molecule has 2 aromatic rings. The molecule has 4 nitrogen and oxygen atoms in total. The van der Waals surface area contributed by atoms with E-state index >= 15 is 0 Å². The number of carbonyl (C=O) groups excluding carboxylic acids is 2. The molecule has 32 heavy (non-hydrogen) atoms. The maximum atomic E-state index is 13.2. The summed E-state index contributed by atoms with van der Waals surface area (Å²) < 4.78 is 0. The third-order valence-electron chi connectivity index (χ3n) is 5.16. The minimum Gasteiger partial charge on any atom is -0.354 e. The summed E-state index contributed by atoms with van der Waals surface area (Å²) in [6.45, 7) is 8.73. The molecule has 0 aliphatic rings. The largest absolute Gasteiger partial charge is 0.354 e. The Hall–Kier alpha value is -1.69. The monoisotopic (exact) mass is 494 g/mol.